The summed E-state index contributed by atoms with van der Waals surface area (Å²) in [5.41, 5.74) is 0. The van der Waals surface area contributed by atoms with Gasteiger partial charge in [-0.25, -0.2) is 0 Å². The summed E-state index contributed by atoms with van der Waals surface area (Å²) in [5.74, 6) is -0.525. The van der Waals surface area contributed by atoms with Crippen molar-refractivity contribution in [1.82, 2.24) is 5.32 Å². The summed E-state index contributed by atoms with van der Waals surface area (Å²) in [5, 5.41) is 23.8. The molecule has 0 fully saturated rings. The Bertz CT molecular complexity index is 1090. The van der Waals surface area contributed by atoms with Crippen molar-refractivity contribution in [3.05, 3.63) is 60.8 Å². The van der Waals surface area contributed by atoms with Crippen LogP contribution in [0.5, 0.6) is 0 Å². The number of esters is 1. The molecule has 6 nitrogen and oxygen atoms in total. The fraction of sp³-hybridized carbons (Fsp3) is 0.782. The van der Waals surface area contributed by atoms with Gasteiger partial charge in [0.15, 0.2) is 0 Å². The Morgan fingerprint density at radius 2 is 0.902 bits per heavy atom. The number of nitrogens with one attached hydrogen (secondary N) is 1. The molecule has 0 aliphatic heterocycles. The van der Waals surface area contributed by atoms with Crippen LogP contribution in [0.25, 0.3) is 0 Å². The fourth-order valence-electron chi connectivity index (χ4n) is 7.73. The standard InChI is InChI=1S/C55H99NO5/c1-4-7-10-13-16-19-22-25-27-29-31-34-37-40-43-46-51(61-55(60)48-45-42-39-36-33-28-24-21-18-15-12-9-6-3)49-54(59)56-52(50-57)53(58)47-44-41-38-35-32-30-26-23-20-17-14-11-8-5-2/h9,12,15,18,21,24-25,27-28,33,51-53,57-58H,4-8,10-11,13-14,16-17,19-20,22-23,26,29-32,34-50H2,1-3H3,(H,56,59)/b12-9+,18-15+,24-21-,27-25+,33-28-. The summed E-state index contributed by atoms with van der Waals surface area (Å²) < 4.78 is 5.91. The maximum Gasteiger partial charge on any atom is 0.306 e. The first-order valence-electron chi connectivity index (χ1n) is 26.1. The van der Waals surface area contributed by atoms with E-state index in [0.717, 1.165) is 77.0 Å². The predicted octanol–water partition coefficient (Wildman–Crippen LogP) is 15.6. The first-order valence-corrected chi connectivity index (χ1v) is 26.1. The van der Waals surface area contributed by atoms with Gasteiger partial charge in [0.05, 0.1) is 25.2 Å². The largest absolute Gasteiger partial charge is 0.462 e. The summed E-state index contributed by atoms with van der Waals surface area (Å²) in [4.78, 5) is 26.1. The number of rotatable bonds is 46. The van der Waals surface area contributed by atoms with E-state index in [4.69, 9.17) is 4.74 Å². The minimum Gasteiger partial charge on any atom is -0.462 e. The van der Waals surface area contributed by atoms with Gasteiger partial charge in [-0.3, -0.25) is 9.59 Å². The van der Waals surface area contributed by atoms with Crippen molar-refractivity contribution in [2.75, 3.05) is 6.61 Å². The van der Waals surface area contributed by atoms with Crippen LogP contribution in [0.15, 0.2) is 60.8 Å². The first kappa shape index (κ1) is 58.6. The van der Waals surface area contributed by atoms with Crippen LogP contribution >= 0.6 is 0 Å². The number of allylic oxidation sites excluding steroid dienone is 10. The zero-order chi connectivity index (χ0) is 44.5. The summed E-state index contributed by atoms with van der Waals surface area (Å²) in [7, 11) is 0. The zero-order valence-corrected chi connectivity index (χ0v) is 40.3. The minimum atomic E-state index is -0.798. The van der Waals surface area contributed by atoms with Gasteiger partial charge in [0, 0.05) is 6.42 Å². The number of unbranched alkanes of at least 4 members (excludes halogenated alkanes) is 27. The molecule has 3 N–H and O–H groups in total. The average Bonchev–Trinajstić information content (AvgIpc) is 3.25. The van der Waals surface area contributed by atoms with Gasteiger partial charge in [0.1, 0.15) is 6.10 Å². The molecule has 0 aromatic rings. The molecule has 0 heterocycles. The van der Waals surface area contributed by atoms with Gasteiger partial charge in [-0.05, 0) is 70.6 Å². The van der Waals surface area contributed by atoms with Crippen LogP contribution in [0.4, 0.5) is 0 Å². The van der Waals surface area contributed by atoms with Crippen LogP contribution in [0.3, 0.4) is 0 Å². The monoisotopic (exact) mass is 854 g/mol. The molecule has 0 rings (SSSR count). The first-order chi connectivity index (χ1) is 30.0. The zero-order valence-electron chi connectivity index (χ0n) is 40.3. The average molecular weight is 854 g/mol. The molecule has 3 unspecified atom stereocenters. The van der Waals surface area contributed by atoms with Crippen LogP contribution in [-0.2, 0) is 14.3 Å². The topological polar surface area (TPSA) is 95.9 Å². The summed E-state index contributed by atoms with van der Waals surface area (Å²) in [6.45, 7) is 6.33. The van der Waals surface area contributed by atoms with Gasteiger partial charge in [-0.2, -0.15) is 0 Å². The summed E-state index contributed by atoms with van der Waals surface area (Å²) >= 11 is 0. The minimum absolute atomic E-state index is 0.0552. The lowest BCUT2D eigenvalue weighted by Gasteiger charge is -2.24. The van der Waals surface area contributed by atoms with E-state index in [9.17, 15) is 19.8 Å². The Morgan fingerprint density at radius 3 is 1.39 bits per heavy atom. The highest BCUT2D eigenvalue weighted by Crippen LogP contribution is 2.18. The molecule has 0 aromatic carbocycles. The SMILES string of the molecule is CC/C=C/C=C/C=C\C=C/CCCCCC(=O)OC(CCCCCCC/C=C/CCCCCCCC)CC(=O)NC(CO)C(O)CCCCCCCCCCCCCCCC. The Labute approximate surface area is 378 Å². The van der Waals surface area contributed by atoms with Gasteiger partial charge in [-0.15, -0.1) is 0 Å². The third kappa shape index (κ3) is 44.0. The number of aliphatic hydroxyl groups is 2. The molecule has 0 spiro atoms. The highest BCUT2D eigenvalue weighted by atomic mass is 16.5. The third-order valence-electron chi connectivity index (χ3n) is 11.7. The molecule has 0 aliphatic rings. The Kier molecular flexibility index (Phi) is 46.6. The number of hydrogen-bond donors (Lipinski definition) is 3. The Hall–Kier alpha value is -2.44. The number of hydrogen-bond acceptors (Lipinski definition) is 5. The van der Waals surface area contributed by atoms with E-state index in [1.807, 2.05) is 24.3 Å². The Balaban J connectivity index is 4.64. The van der Waals surface area contributed by atoms with Gasteiger partial charge in [0.2, 0.25) is 5.91 Å². The molecule has 6 heteroatoms. The van der Waals surface area contributed by atoms with Gasteiger partial charge in [-0.1, -0.05) is 229 Å². The van der Waals surface area contributed by atoms with Crippen LogP contribution in [0.1, 0.15) is 252 Å². The van der Waals surface area contributed by atoms with Crippen molar-refractivity contribution in [3.8, 4) is 0 Å². The number of aliphatic hydroxyl groups excluding tert-OH is 2. The Morgan fingerprint density at radius 1 is 0.492 bits per heavy atom. The molecule has 3 atom stereocenters. The normalized spacial score (nSPS) is 13.7. The fourth-order valence-corrected chi connectivity index (χ4v) is 7.73. The highest BCUT2D eigenvalue weighted by molar-refractivity contribution is 5.77. The van der Waals surface area contributed by atoms with Crippen molar-refractivity contribution < 1.29 is 24.5 Å². The molecule has 1 amide bonds. The molecule has 0 radical (unpaired) electrons. The second-order valence-corrected chi connectivity index (χ2v) is 17.6. The maximum absolute atomic E-state index is 13.2. The molecular formula is C55H99NO5. The van der Waals surface area contributed by atoms with E-state index >= 15 is 0 Å². The molecule has 61 heavy (non-hydrogen) atoms. The third-order valence-corrected chi connectivity index (χ3v) is 11.7. The van der Waals surface area contributed by atoms with Crippen molar-refractivity contribution in [2.45, 2.75) is 270 Å². The van der Waals surface area contributed by atoms with E-state index in [-0.39, 0.29) is 24.9 Å². The lowest BCUT2D eigenvalue weighted by molar-refractivity contribution is -0.151. The molecule has 0 saturated carbocycles. The van der Waals surface area contributed by atoms with Crippen LogP contribution in [-0.4, -0.2) is 46.9 Å². The number of ether oxygens (including phenoxy) is 1. The number of carbonyl (C=O) groups excluding carboxylic acids is 2. The molecule has 0 saturated heterocycles. The van der Waals surface area contributed by atoms with E-state index in [1.54, 1.807) is 0 Å². The summed E-state index contributed by atoms with van der Waals surface area (Å²) in [6.07, 6.45) is 59.9. The van der Waals surface area contributed by atoms with Gasteiger partial charge < -0.3 is 20.3 Å². The quantitative estimate of drug-likeness (QED) is 0.0245. The second kappa shape index (κ2) is 48.6. The van der Waals surface area contributed by atoms with Gasteiger partial charge >= 0.3 is 5.97 Å². The highest BCUT2D eigenvalue weighted by Gasteiger charge is 2.24. The van der Waals surface area contributed by atoms with E-state index in [0.29, 0.717) is 19.3 Å². The molecule has 0 bridgehead atoms. The molecular weight excluding hydrogens is 755 g/mol. The molecule has 0 aliphatic carbocycles. The second-order valence-electron chi connectivity index (χ2n) is 17.6. The molecule has 0 aromatic heterocycles. The van der Waals surface area contributed by atoms with Crippen LogP contribution in [0, 0.1) is 0 Å². The number of amides is 1. The van der Waals surface area contributed by atoms with E-state index in [1.165, 1.54) is 128 Å². The van der Waals surface area contributed by atoms with E-state index < -0.39 is 18.2 Å². The smallest absolute Gasteiger partial charge is 0.306 e. The summed E-state index contributed by atoms with van der Waals surface area (Å²) in [6, 6.07) is -0.713. The molecule has 354 valence electrons. The predicted molar refractivity (Wildman–Crippen MR) is 264 cm³/mol. The maximum atomic E-state index is 13.2. The van der Waals surface area contributed by atoms with Gasteiger partial charge in [0.25, 0.3) is 0 Å². The van der Waals surface area contributed by atoms with E-state index in [2.05, 4.69) is 62.5 Å². The lowest BCUT2D eigenvalue weighted by Crippen LogP contribution is -2.46. The van der Waals surface area contributed by atoms with Crippen molar-refractivity contribution >= 4 is 11.9 Å². The van der Waals surface area contributed by atoms with Crippen molar-refractivity contribution in [2.24, 2.45) is 0 Å². The number of carbonyl (C=O) groups is 2. The van der Waals surface area contributed by atoms with Crippen LogP contribution < -0.4 is 5.32 Å². The van der Waals surface area contributed by atoms with Crippen molar-refractivity contribution in [1.29, 1.82) is 0 Å². The lowest BCUT2D eigenvalue weighted by atomic mass is 10.0. The van der Waals surface area contributed by atoms with Crippen molar-refractivity contribution in [3.63, 3.8) is 0 Å². The van der Waals surface area contributed by atoms with Crippen LogP contribution in [0.2, 0.25) is 0 Å².